The number of hydrogen-bond donors (Lipinski definition) is 3. The lowest BCUT2D eigenvalue weighted by Crippen LogP contribution is -2.42. The van der Waals surface area contributed by atoms with Crippen molar-refractivity contribution in [3.63, 3.8) is 0 Å². The van der Waals surface area contributed by atoms with Gasteiger partial charge in [-0.25, -0.2) is 0 Å². The zero-order chi connectivity index (χ0) is 19.6. The lowest BCUT2D eigenvalue weighted by atomic mass is 9.92. The van der Waals surface area contributed by atoms with Gasteiger partial charge in [0.25, 0.3) is 0 Å². The number of hydrogen-bond acceptors (Lipinski definition) is 3. The van der Waals surface area contributed by atoms with Crippen LogP contribution in [0.4, 0.5) is 0 Å². The predicted molar refractivity (Wildman–Crippen MR) is 124 cm³/mol. The normalized spacial score (nSPS) is 11.4. The summed E-state index contributed by atoms with van der Waals surface area (Å²) in [6.45, 7) is 10.1. The van der Waals surface area contributed by atoms with E-state index >= 15 is 0 Å². The van der Waals surface area contributed by atoms with Gasteiger partial charge in [0, 0.05) is 24.7 Å². The second-order valence-electron chi connectivity index (χ2n) is 6.57. The van der Waals surface area contributed by atoms with Crippen LogP contribution in [0.3, 0.4) is 0 Å². The zero-order valence-electron chi connectivity index (χ0n) is 16.8. The fourth-order valence-corrected chi connectivity index (χ4v) is 2.53. The SMILES string of the molecule is CCNC(=O)C(C)(C)CN=C(NCC)NCCc1ccc(OC)cc1Cl.I. The predicted octanol–water partition coefficient (Wildman–Crippen LogP) is 3.23. The maximum Gasteiger partial charge on any atom is 0.227 e. The molecular formula is C19H32ClIN4O2. The number of methoxy groups -OCH3 is 1. The Morgan fingerprint density at radius 1 is 1.19 bits per heavy atom. The van der Waals surface area contributed by atoms with Gasteiger partial charge in [-0.3, -0.25) is 9.79 Å². The number of rotatable bonds is 9. The van der Waals surface area contributed by atoms with Crippen molar-refractivity contribution in [2.24, 2.45) is 10.4 Å². The van der Waals surface area contributed by atoms with Crippen LogP contribution in [0.15, 0.2) is 23.2 Å². The maximum atomic E-state index is 12.1. The standard InChI is InChI=1S/C19H31ClN4O2.HI/c1-6-21-17(25)19(3,4)13-24-18(22-7-2)23-11-10-14-8-9-15(26-5)12-16(14)20;/h8-9,12H,6-7,10-11,13H2,1-5H3,(H,21,25)(H2,22,23,24);1H. The van der Waals surface area contributed by atoms with Gasteiger partial charge in [-0.05, 0) is 51.8 Å². The first-order valence-corrected chi connectivity index (χ1v) is 9.34. The molecule has 1 aromatic rings. The van der Waals surface area contributed by atoms with Crippen LogP contribution >= 0.6 is 35.6 Å². The van der Waals surface area contributed by atoms with Crippen LogP contribution in [0.2, 0.25) is 5.02 Å². The molecule has 0 heterocycles. The Morgan fingerprint density at radius 3 is 2.41 bits per heavy atom. The second-order valence-corrected chi connectivity index (χ2v) is 6.98. The summed E-state index contributed by atoms with van der Waals surface area (Å²) in [5.74, 6) is 1.44. The first kappa shape index (κ1) is 25.8. The molecule has 0 radical (unpaired) electrons. The Balaban J connectivity index is 0.00000676. The molecule has 3 N–H and O–H groups in total. The van der Waals surface area contributed by atoms with Gasteiger partial charge in [0.1, 0.15) is 5.75 Å². The van der Waals surface area contributed by atoms with Crippen molar-refractivity contribution in [2.45, 2.75) is 34.1 Å². The summed E-state index contributed by atoms with van der Waals surface area (Å²) in [6, 6.07) is 5.67. The van der Waals surface area contributed by atoms with Crippen LogP contribution in [0.5, 0.6) is 5.75 Å². The molecule has 0 atom stereocenters. The van der Waals surface area contributed by atoms with E-state index in [1.807, 2.05) is 45.9 Å². The van der Waals surface area contributed by atoms with Crippen molar-refractivity contribution in [3.8, 4) is 5.75 Å². The molecule has 0 saturated heterocycles. The van der Waals surface area contributed by atoms with E-state index in [0.29, 0.717) is 30.6 Å². The summed E-state index contributed by atoms with van der Waals surface area (Å²) in [6.07, 6.45) is 0.757. The van der Waals surface area contributed by atoms with Crippen LogP contribution in [0, 0.1) is 5.41 Å². The minimum absolute atomic E-state index is 0. The Labute approximate surface area is 184 Å². The first-order valence-electron chi connectivity index (χ1n) is 8.97. The summed E-state index contributed by atoms with van der Waals surface area (Å²) in [5.41, 5.74) is 0.482. The number of benzene rings is 1. The van der Waals surface area contributed by atoms with E-state index in [1.54, 1.807) is 7.11 Å². The Bertz CT molecular complexity index is 624. The van der Waals surface area contributed by atoms with E-state index in [4.69, 9.17) is 16.3 Å². The van der Waals surface area contributed by atoms with E-state index in [9.17, 15) is 4.79 Å². The van der Waals surface area contributed by atoms with E-state index in [2.05, 4.69) is 20.9 Å². The van der Waals surface area contributed by atoms with Crippen LogP contribution < -0.4 is 20.7 Å². The highest BCUT2D eigenvalue weighted by atomic mass is 127. The zero-order valence-corrected chi connectivity index (χ0v) is 19.9. The Hall–Kier alpha value is -1.22. The third kappa shape index (κ3) is 9.01. The number of nitrogens with zero attached hydrogens (tertiary/aromatic N) is 1. The molecule has 154 valence electrons. The average Bonchev–Trinajstić information content (AvgIpc) is 2.61. The van der Waals surface area contributed by atoms with Crippen LogP contribution in [0.1, 0.15) is 33.3 Å². The molecule has 1 aromatic carbocycles. The molecule has 0 aliphatic carbocycles. The first-order chi connectivity index (χ1) is 12.3. The van der Waals surface area contributed by atoms with Crippen molar-refractivity contribution in [3.05, 3.63) is 28.8 Å². The highest BCUT2D eigenvalue weighted by molar-refractivity contribution is 14.0. The summed E-state index contributed by atoms with van der Waals surface area (Å²) in [7, 11) is 1.62. The van der Waals surface area contributed by atoms with Gasteiger partial charge in [0.2, 0.25) is 5.91 Å². The highest BCUT2D eigenvalue weighted by Gasteiger charge is 2.26. The van der Waals surface area contributed by atoms with E-state index in [1.165, 1.54) is 0 Å². The lowest BCUT2D eigenvalue weighted by molar-refractivity contribution is -0.128. The molecule has 0 aliphatic heterocycles. The molecule has 1 rings (SSSR count). The monoisotopic (exact) mass is 510 g/mol. The topological polar surface area (TPSA) is 74.8 Å². The van der Waals surface area contributed by atoms with Crippen molar-refractivity contribution < 1.29 is 9.53 Å². The van der Waals surface area contributed by atoms with Crippen molar-refractivity contribution in [1.29, 1.82) is 0 Å². The number of nitrogens with one attached hydrogen (secondary N) is 3. The molecule has 6 nitrogen and oxygen atoms in total. The molecule has 0 saturated carbocycles. The highest BCUT2D eigenvalue weighted by Crippen LogP contribution is 2.22. The number of halogens is 2. The largest absolute Gasteiger partial charge is 0.497 e. The van der Waals surface area contributed by atoms with Gasteiger partial charge < -0.3 is 20.7 Å². The summed E-state index contributed by atoms with van der Waals surface area (Å²) in [5, 5.41) is 10.0. The fourth-order valence-electron chi connectivity index (χ4n) is 2.26. The van der Waals surface area contributed by atoms with E-state index in [-0.39, 0.29) is 29.9 Å². The van der Waals surface area contributed by atoms with Crippen LogP contribution in [-0.2, 0) is 11.2 Å². The number of carbonyl (C=O) groups is 1. The van der Waals surface area contributed by atoms with Crippen molar-refractivity contribution >= 4 is 47.4 Å². The van der Waals surface area contributed by atoms with Crippen molar-refractivity contribution in [2.75, 3.05) is 33.3 Å². The maximum absolute atomic E-state index is 12.1. The van der Waals surface area contributed by atoms with Gasteiger partial charge in [0.05, 0.1) is 19.1 Å². The number of guanidine groups is 1. The molecule has 0 fully saturated rings. The average molecular weight is 511 g/mol. The Kier molecular flexibility index (Phi) is 12.5. The minimum atomic E-state index is -0.558. The Morgan fingerprint density at radius 2 is 1.85 bits per heavy atom. The molecule has 27 heavy (non-hydrogen) atoms. The molecule has 0 aromatic heterocycles. The molecule has 1 amide bonds. The quantitative estimate of drug-likeness (QED) is 0.271. The van der Waals surface area contributed by atoms with Gasteiger partial charge in [-0.2, -0.15) is 0 Å². The van der Waals surface area contributed by atoms with E-state index in [0.717, 1.165) is 24.3 Å². The summed E-state index contributed by atoms with van der Waals surface area (Å²) < 4.78 is 5.16. The molecule has 0 bridgehead atoms. The van der Waals surface area contributed by atoms with Crippen LogP contribution in [-0.4, -0.2) is 45.2 Å². The number of amides is 1. The van der Waals surface area contributed by atoms with Gasteiger partial charge in [-0.1, -0.05) is 17.7 Å². The number of aliphatic imine (C=N–C) groups is 1. The van der Waals surface area contributed by atoms with Gasteiger partial charge >= 0.3 is 0 Å². The second kappa shape index (κ2) is 13.0. The summed E-state index contributed by atoms with van der Waals surface area (Å²) in [4.78, 5) is 16.6. The van der Waals surface area contributed by atoms with Crippen LogP contribution in [0.25, 0.3) is 0 Å². The lowest BCUT2D eigenvalue weighted by Gasteiger charge is -2.22. The molecule has 8 heteroatoms. The summed E-state index contributed by atoms with van der Waals surface area (Å²) >= 11 is 6.27. The van der Waals surface area contributed by atoms with Gasteiger partial charge in [-0.15, -0.1) is 24.0 Å². The molecule has 0 aliphatic rings. The molecular weight excluding hydrogens is 479 g/mol. The fraction of sp³-hybridized carbons (Fsp3) is 0.579. The molecule has 0 spiro atoms. The third-order valence-electron chi connectivity index (χ3n) is 3.88. The van der Waals surface area contributed by atoms with E-state index < -0.39 is 5.41 Å². The third-order valence-corrected chi connectivity index (χ3v) is 4.23. The number of carbonyl (C=O) groups excluding carboxylic acids is 1. The van der Waals surface area contributed by atoms with Crippen molar-refractivity contribution in [1.82, 2.24) is 16.0 Å². The minimum Gasteiger partial charge on any atom is -0.497 e. The number of ether oxygens (including phenoxy) is 1. The molecule has 0 unspecified atom stereocenters. The van der Waals surface area contributed by atoms with Gasteiger partial charge in [0.15, 0.2) is 5.96 Å². The smallest absolute Gasteiger partial charge is 0.227 e.